The number of benzene rings is 2. The second kappa shape index (κ2) is 6.64. The van der Waals surface area contributed by atoms with Gasteiger partial charge in [0.2, 0.25) is 0 Å². The summed E-state index contributed by atoms with van der Waals surface area (Å²) in [7, 11) is 0. The summed E-state index contributed by atoms with van der Waals surface area (Å²) in [6, 6.07) is 12.9. The Labute approximate surface area is 129 Å². The van der Waals surface area contributed by atoms with Gasteiger partial charge in [0.05, 0.1) is 0 Å². The van der Waals surface area contributed by atoms with Crippen LogP contribution in [0.15, 0.2) is 51.4 Å². The lowest BCUT2D eigenvalue weighted by Gasteiger charge is -2.13. The fraction of sp³-hybridized carbons (Fsp3) is 0.200. The fourth-order valence-corrected chi connectivity index (χ4v) is 2.77. The molecule has 100 valence electrons. The number of hydrogen-bond acceptors (Lipinski definition) is 1. The molecular formula is C15H14Br2FN. The highest BCUT2D eigenvalue weighted by Gasteiger charge is 2.11. The van der Waals surface area contributed by atoms with Gasteiger partial charge in [-0.1, -0.05) is 56.1 Å². The van der Waals surface area contributed by atoms with Crippen LogP contribution in [-0.4, -0.2) is 6.04 Å². The molecule has 2 aromatic rings. The smallest absolute Gasteiger partial charge is 0.127 e. The summed E-state index contributed by atoms with van der Waals surface area (Å²) < 4.78 is 15.5. The Morgan fingerprint density at radius 2 is 1.68 bits per heavy atom. The third-order valence-corrected chi connectivity index (χ3v) is 4.20. The molecule has 4 heteroatoms. The van der Waals surface area contributed by atoms with Crippen molar-refractivity contribution in [1.29, 1.82) is 0 Å². The molecule has 2 N–H and O–H groups in total. The van der Waals surface area contributed by atoms with Crippen LogP contribution in [0, 0.1) is 5.82 Å². The number of rotatable bonds is 4. The molecule has 0 saturated heterocycles. The molecule has 0 aliphatic heterocycles. The van der Waals surface area contributed by atoms with Crippen molar-refractivity contribution in [3.8, 4) is 0 Å². The molecule has 0 heterocycles. The second-order valence-corrected chi connectivity index (χ2v) is 6.27. The molecule has 0 bridgehead atoms. The van der Waals surface area contributed by atoms with Crippen molar-refractivity contribution >= 4 is 31.9 Å². The van der Waals surface area contributed by atoms with E-state index in [-0.39, 0.29) is 11.9 Å². The van der Waals surface area contributed by atoms with Crippen molar-refractivity contribution in [3.63, 3.8) is 0 Å². The Morgan fingerprint density at radius 3 is 2.37 bits per heavy atom. The van der Waals surface area contributed by atoms with E-state index in [1.165, 1.54) is 6.07 Å². The summed E-state index contributed by atoms with van der Waals surface area (Å²) in [6.07, 6.45) is 1.25. The van der Waals surface area contributed by atoms with Gasteiger partial charge < -0.3 is 5.73 Å². The molecule has 0 amide bonds. The van der Waals surface area contributed by atoms with Crippen molar-refractivity contribution in [2.24, 2.45) is 5.73 Å². The van der Waals surface area contributed by atoms with Gasteiger partial charge in [-0.2, -0.15) is 0 Å². The maximum atomic E-state index is 13.7. The predicted octanol–water partition coefficient (Wildman–Crippen LogP) is 4.46. The zero-order valence-electron chi connectivity index (χ0n) is 10.2. The first-order chi connectivity index (χ1) is 9.06. The Bertz CT molecular complexity index is 572. The molecular weight excluding hydrogens is 373 g/mol. The van der Waals surface area contributed by atoms with Crippen LogP contribution in [0.1, 0.15) is 11.1 Å². The molecule has 0 aliphatic carbocycles. The van der Waals surface area contributed by atoms with Crippen molar-refractivity contribution in [3.05, 3.63) is 68.4 Å². The molecule has 1 nitrogen and oxygen atoms in total. The van der Waals surface area contributed by atoms with Gasteiger partial charge in [-0.3, -0.25) is 0 Å². The lowest BCUT2D eigenvalue weighted by molar-refractivity contribution is 0.583. The Morgan fingerprint density at radius 1 is 1.00 bits per heavy atom. The molecule has 0 spiro atoms. The first kappa shape index (κ1) is 14.7. The summed E-state index contributed by atoms with van der Waals surface area (Å²) in [4.78, 5) is 0. The van der Waals surface area contributed by atoms with Crippen LogP contribution in [0.4, 0.5) is 4.39 Å². The van der Waals surface area contributed by atoms with Gasteiger partial charge in [0.1, 0.15) is 5.82 Å². The van der Waals surface area contributed by atoms with E-state index in [1.54, 1.807) is 6.07 Å². The highest BCUT2D eigenvalue weighted by molar-refractivity contribution is 9.10. The first-order valence-electron chi connectivity index (χ1n) is 5.99. The van der Waals surface area contributed by atoms with Crippen LogP contribution >= 0.6 is 31.9 Å². The largest absolute Gasteiger partial charge is 0.327 e. The van der Waals surface area contributed by atoms with E-state index in [2.05, 4.69) is 31.9 Å². The van der Waals surface area contributed by atoms with Crippen LogP contribution in [0.2, 0.25) is 0 Å². The normalized spacial score (nSPS) is 12.4. The van der Waals surface area contributed by atoms with Gasteiger partial charge in [0.15, 0.2) is 0 Å². The van der Waals surface area contributed by atoms with Crippen LogP contribution in [-0.2, 0) is 12.8 Å². The molecule has 2 rings (SSSR count). The van der Waals surface area contributed by atoms with Gasteiger partial charge >= 0.3 is 0 Å². The van der Waals surface area contributed by atoms with Crippen LogP contribution in [0.5, 0.6) is 0 Å². The fourth-order valence-electron chi connectivity index (χ4n) is 1.99. The highest BCUT2D eigenvalue weighted by atomic mass is 79.9. The predicted molar refractivity (Wildman–Crippen MR) is 83.6 cm³/mol. The SMILES string of the molecule is NC(Cc1ccc(Br)cc1F)Cc1ccccc1Br. The van der Waals surface area contributed by atoms with Gasteiger partial charge in [-0.05, 0) is 42.2 Å². The van der Waals surface area contributed by atoms with Crippen LogP contribution < -0.4 is 5.73 Å². The van der Waals surface area contributed by atoms with E-state index in [9.17, 15) is 4.39 Å². The molecule has 0 saturated carbocycles. The van der Waals surface area contributed by atoms with Crippen molar-refractivity contribution in [2.75, 3.05) is 0 Å². The number of nitrogens with two attached hydrogens (primary N) is 1. The lowest BCUT2D eigenvalue weighted by atomic mass is 9.99. The van der Waals surface area contributed by atoms with E-state index >= 15 is 0 Å². The van der Waals surface area contributed by atoms with Gasteiger partial charge in [-0.15, -0.1) is 0 Å². The minimum absolute atomic E-state index is 0.102. The molecule has 0 radical (unpaired) electrons. The summed E-state index contributed by atoms with van der Waals surface area (Å²) in [5.74, 6) is -0.211. The monoisotopic (exact) mass is 385 g/mol. The molecule has 0 fully saturated rings. The molecule has 19 heavy (non-hydrogen) atoms. The molecule has 1 unspecified atom stereocenters. The van der Waals surface area contributed by atoms with Gasteiger partial charge in [0.25, 0.3) is 0 Å². The standard InChI is InChI=1S/C15H14Br2FN/c16-12-6-5-11(15(18)9-12)8-13(19)7-10-3-1-2-4-14(10)17/h1-6,9,13H,7-8,19H2. The Balaban J connectivity index is 2.05. The molecule has 0 aromatic heterocycles. The van der Waals surface area contributed by atoms with Crippen molar-refractivity contribution < 1.29 is 4.39 Å². The average Bonchev–Trinajstić information content (AvgIpc) is 2.36. The zero-order chi connectivity index (χ0) is 13.8. The summed E-state index contributed by atoms with van der Waals surface area (Å²) in [5, 5.41) is 0. The third-order valence-electron chi connectivity index (χ3n) is 2.94. The van der Waals surface area contributed by atoms with Crippen LogP contribution in [0.25, 0.3) is 0 Å². The van der Waals surface area contributed by atoms with Gasteiger partial charge in [-0.25, -0.2) is 4.39 Å². The second-order valence-electron chi connectivity index (χ2n) is 4.50. The maximum Gasteiger partial charge on any atom is 0.127 e. The Kier molecular flexibility index (Phi) is 5.13. The molecule has 0 aliphatic rings. The number of halogens is 3. The molecule has 2 aromatic carbocycles. The minimum atomic E-state index is -0.211. The summed E-state index contributed by atoms with van der Waals surface area (Å²) in [6.45, 7) is 0. The topological polar surface area (TPSA) is 26.0 Å². The van der Waals surface area contributed by atoms with E-state index < -0.39 is 0 Å². The lowest BCUT2D eigenvalue weighted by Crippen LogP contribution is -2.26. The van der Waals surface area contributed by atoms with E-state index in [0.29, 0.717) is 12.0 Å². The van der Waals surface area contributed by atoms with E-state index in [4.69, 9.17) is 5.73 Å². The Hall–Kier alpha value is -0.710. The third kappa shape index (κ3) is 4.13. The highest BCUT2D eigenvalue weighted by Crippen LogP contribution is 2.20. The summed E-state index contributed by atoms with van der Waals surface area (Å²) >= 11 is 6.75. The zero-order valence-corrected chi connectivity index (χ0v) is 13.4. The van der Waals surface area contributed by atoms with Crippen LogP contribution in [0.3, 0.4) is 0 Å². The van der Waals surface area contributed by atoms with Gasteiger partial charge in [0, 0.05) is 15.0 Å². The number of hydrogen-bond donors (Lipinski definition) is 1. The van der Waals surface area contributed by atoms with Crippen molar-refractivity contribution in [1.82, 2.24) is 0 Å². The first-order valence-corrected chi connectivity index (χ1v) is 7.58. The molecule has 1 atom stereocenters. The van der Waals surface area contributed by atoms with Crippen molar-refractivity contribution in [2.45, 2.75) is 18.9 Å². The van der Waals surface area contributed by atoms with E-state index in [0.717, 1.165) is 20.9 Å². The quantitative estimate of drug-likeness (QED) is 0.824. The van der Waals surface area contributed by atoms with E-state index in [1.807, 2.05) is 30.3 Å². The minimum Gasteiger partial charge on any atom is -0.327 e. The maximum absolute atomic E-state index is 13.7. The average molecular weight is 387 g/mol. The summed E-state index contributed by atoms with van der Waals surface area (Å²) in [5.41, 5.74) is 7.92.